The van der Waals surface area contributed by atoms with Crippen LogP contribution >= 0.6 is 0 Å². The SMILES string of the molecule is Cc1cccc2c1N1C(=O)CNCC1CO2. The highest BCUT2D eigenvalue weighted by atomic mass is 16.5. The summed E-state index contributed by atoms with van der Waals surface area (Å²) in [6, 6.07) is 6.03. The summed E-state index contributed by atoms with van der Waals surface area (Å²) >= 11 is 0. The number of hydrogen-bond acceptors (Lipinski definition) is 3. The highest BCUT2D eigenvalue weighted by Crippen LogP contribution is 2.37. The van der Waals surface area contributed by atoms with E-state index in [1.54, 1.807) is 0 Å². The molecule has 1 fully saturated rings. The number of rotatable bonds is 0. The second kappa shape index (κ2) is 3.49. The van der Waals surface area contributed by atoms with E-state index < -0.39 is 0 Å². The first-order chi connectivity index (χ1) is 7.77. The lowest BCUT2D eigenvalue weighted by molar-refractivity contribution is -0.119. The molecular weight excluding hydrogens is 204 g/mol. The molecule has 0 spiro atoms. The van der Waals surface area contributed by atoms with Crippen LogP contribution in [0.2, 0.25) is 0 Å². The summed E-state index contributed by atoms with van der Waals surface area (Å²) in [5.41, 5.74) is 2.04. The zero-order chi connectivity index (χ0) is 11.1. The van der Waals surface area contributed by atoms with Crippen molar-refractivity contribution < 1.29 is 9.53 Å². The predicted octanol–water partition coefficient (Wildman–Crippen LogP) is 0.692. The highest BCUT2D eigenvalue weighted by Gasteiger charge is 2.35. The van der Waals surface area contributed by atoms with Crippen LogP contribution in [0.25, 0.3) is 0 Å². The van der Waals surface area contributed by atoms with Gasteiger partial charge in [-0.15, -0.1) is 0 Å². The number of anilines is 1. The van der Waals surface area contributed by atoms with E-state index in [0.29, 0.717) is 13.2 Å². The average Bonchev–Trinajstić information content (AvgIpc) is 2.29. The van der Waals surface area contributed by atoms with Gasteiger partial charge < -0.3 is 10.1 Å². The van der Waals surface area contributed by atoms with Gasteiger partial charge in [-0.05, 0) is 18.6 Å². The fourth-order valence-corrected chi connectivity index (χ4v) is 2.41. The van der Waals surface area contributed by atoms with Crippen LogP contribution in [0.15, 0.2) is 18.2 Å². The molecule has 1 unspecified atom stereocenters. The number of nitrogens with zero attached hydrogens (tertiary/aromatic N) is 1. The van der Waals surface area contributed by atoms with E-state index in [1.807, 2.05) is 30.0 Å². The maximum atomic E-state index is 12.0. The molecule has 16 heavy (non-hydrogen) atoms. The predicted molar refractivity (Wildman–Crippen MR) is 60.8 cm³/mol. The topological polar surface area (TPSA) is 41.6 Å². The van der Waals surface area contributed by atoms with Crippen molar-refractivity contribution in [3.63, 3.8) is 0 Å². The van der Waals surface area contributed by atoms with Gasteiger partial charge in [-0.25, -0.2) is 0 Å². The molecule has 0 aliphatic carbocycles. The number of fused-ring (bicyclic) bond motifs is 3. The summed E-state index contributed by atoms with van der Waals surface area (Å²) in [6.07, 6.45) is 0. The van der Waals surface area contributed by atoms with Gasteiger partial charge in [0.05, 0.1) is 18.3 Å². The van der Waals surface area contributed by atoms with E-state index in [0.717, 1.165) is 23.5 Å². The molecule has 0 aromatic heterocycles. The maximum absolute atomic E-state index is 12.0. The number of ether oxygens (including phenoxy) is 1. The van der Waals surface area contributed by atoms with Gasteiger partial charge in [0.2, 0.25) is 5.91 Å². The van der Waals surface area contributed by atoms with Crippen molar-refractivity contribution in [2.75, 3.05) is 24.6 Å². The number of benzene rings is 1. The Morgan fingerprint density at radius 1 is 1.50 bits per heavy atom. The number of hydrogen-bond donors (Lipinski definition) is 1. The second-order valence-corrected chi connectivity index (χ2v) is 4.28. The number of piperazine rings is 1. The lowest BCUT2D eigenvalue weighted by Crippen LogP contribution is -2.59. The molecule has 1 aromatic rings. The van der Waals surface area contributed by atoms with Crippen LogP contribution in [-0.2, 0) is 4.79 Å². The van der Waals surface area contributed by atoms with Crippen LogP contribution in [0.1, 0.15) is 5.56 Å². The van der Waals surface area contributed by atoms with Crippen molar-refractivity contribution in [1.82, 2.24) is 5.32 Å². The highest BCUT2D eigenvalue weighted by molar-refractivity contribution is 5.98. The van der Waals surface area contributed by atoms with Crippen molar-refractivity contribution >= 4 is 11.6 Å². The van der Waals surface area contributed by atoms with Crippen LogP contribution in [0, 0.1) is 6.92 Å². The molecule has 2 aliphatic rings. The summed E-state index contributed by atoms with van der Waals surface area (Å²) < 4.78 is 5.69. The molecule has 4 nitrogen and oxygen atoms in total. The Morgan fingerprint density at radius 3 is 3.25 bits per heavy atom. The van der Waals surface area contributed by atoms with E-state index >= 15 is 0 Å². The molecule has 0 saturated carbocycles. The Bertz CT molecular complexity index is 445. The van der Waals surface area contributed by atoms with Crippen molar-refractivity contribution in [1.29, 1.82) is 0 Å². The lowest BCUT2D eigenvalue weighted by atomic mass is 10.1. The van der Waals surface area contributed by atoms with Crippen LogP contribution < -0.4 is 15.0 Å². The zero-order valence-electron chi connectivity index (χ0n) is 9.19. The van der Waals surface area contributed by atoms with E-state index in [9.17, 15) is 4.79 Å². The quantitative estimate of drug-likeness (QED) is 0.696. The van der Waals surface area contributed by atoms with Gasteiger partial charge in [0, 0.05) is 6.54 Å². The number of carbonyl (C=O) groups excluding carboxylic acids is 1. The van der Waals surface area contributed by atoms with Gasteiger partial charge in [-0.1, -0.05) is 12.1 Å². The Balaban J connectivity index is 2.12. The minimum absolute atomic E-state index is 0.134. The number of para-hydroxylation sites is 1. The zero-order valence-corrected chi connectivity index (χ0v) is 9.19. The summed E-state index contributed by atoms with van der Waals surface area (Å²) in [7, 11) is 0. The van der Waals surface area contributed by atoms with Crippen molar-refractivity contribution in [2.45, 2.75) is 13.0 Å². The first kappa shape index (κ1) is 9.66. The molecular formula is C12H14N2O2. The molecule has 1 N–H and O–H groups in total. The van der Waals surface area contributed by atoms with Crippen molar-refractivity contribution in [3.05, 3.63) is 23.8 Å². The minimum atomic E-state index is 0.134. The molecule has 1 atom stereocenters. The number of amides is 1. The molecule has 0 radical (unpaired) electrons. The van der Waals surface area contributed by atoms with Gasteiger partial charge in [-0.2, -0.15) is 0 Å². The molecule has 2 heterocycles. The third-order valence-corrected chi connectivity index (χ3v) is 3.16. The molecule has 2 aliphatic heterocycles. The molecule has 1 saturated heterocycles. The molecule has 0 bridgehead atoms. The molecule has 1 amide bonds. The summed E-state index contributed by atoms with van der Waals surface area (Å²) in [4.78, 5) is 13.8. The smallest absolute Gasteiger partial charge is 0.241 e. The third kappa shape index (κ3) is 1.30. The molecule has 84 valence electrons. The van der Waals surface area contributed by atoms with E-state index in [2.05, 4.69) is 5.32 Å². The van der Waals surface area contributed by atoms with Gasteiger partial charge in [-0.3, -0.25) is 9.69 Å². The molecule has 1 aromatic carbocycles. The largest absolute Gasteiger partial charge is 0.489 e. The van der Waals surface area contributed by atoms with Crippen LogP contribution in [-0.4, -0.2) is 31.6 Å². The Morgan fingerprint density at radius 2 is 2.38 bits per heavy atom. The van der Waals surface area contributed by atoms with Gasteiger partial charge >= 0.3 is 0 Å². The monoisotopic (exact) mass is 218 g/mol. The summed E-state index contributed by atoms with van der Waals surface area (Å²) in [5.74, 6) is 0.960. The van der Waals surface area contributed by atoms with E-state index in [1.165, 1.54) is 0 Å². The molecule has 4 heteroatoms. The lowest BCUT2D eigenvalue weighted by Gasteiger charge is -2.40. The first-order valence-corrected chi connectivity index (χ1v) is 5.52. The Kier molecular flexibility index (Phi) is 2.11. The number of carbonyl (C=O) groups is 1. The van der Waals surface area contributed by atoms with Crippen LogP contribution in [0.5, 0.6) is 5.75 Å². The second-order valence-electron chi connectivity index (χ2n) is 4.28. The maximum Gasteiger partial charge on any atom is 0.241 e. The van der Waals surface area contributed by atoms with Crippen LogP contribution in [0.3, 0.4) is 0 Å². The minimum Gasteiger partial charge on any atom is -0.489 e. The van der Waals surface area contributed by atoms with Gasteiger partial charge in [0.25, 0.3) is 0 Å². The number of nitrogens with one attached hydrogen (secondary N) is 1. The summed E-state index contributed by atoms with van der Waals surface area (Å²) in [5, 5.41) is 3.11. The van der Waals surface area contributed by atoms with Crippen molar-refractivity contribution in [3.8, 4) is 5.75 Å². The normalized spacial score (nSPS) is 23.4. The Labute approximate surface area is 94.2 Å². The summed E-state index contributed by atoms with van der Waals surface area (Å²) in [6.45, 7) is 3.82. The van der Waals surface area contributed by atoms with Gasteiger partial charge in [0.15, 0.2) is 0 Å². The van der Waals surface area contributed by atoms with Crippen LogP contribution in [0.4, 0.5) is 5.69 Å². The fraction of sp³-hybridized carbons (Fsp3) is 0.417. The average molecular weight is 218 g/mol. The van der Waals surface area contributed by atoms with Crippen molar-refractivity contribution in [2.24, 2.45) is 0 Å². The number of aryl methyl sites for hydroxylation is 1. The standard InChI is InChI=1S/C12H14N2O2/c1-8-3-2-4-10-12(8)14-9(7-16-10)5-13-6-11(14)15/h2-4,9,13H,5-7H2,1H3. The first-order valence-electron chi connectivity index (χ1n) is 5.52. The van der Waals surface area contributed by atoms with Gasteiger partial charge in [0.1, 0.15) is 12.4 Å². The van der Waals surface area contributed by atoms with E-state index in [-0.39, 0.29) is 11.9 Å². The van der Waals surface area contributed by atoms with E-state index in [4.69, 9.17) is 4.74 Å². The fourth-order valence-electron chi connectivity index (χ4n) is 2.41. The Hall–Kier alpha value is -1.55. The third-order valence-electron chi connectivity index (χ3n) is 3.16. The molecule has 3 rings (SSSR count).